The van der Waals surface area contributed by atoms with Gasteiger partial charge in [0.2, 0.25) is 10.0 Å². The lowest BCUT2D eigenvalue weighted by Gasteiger charge is -2.22. The van der Waals surface area contributed by atoms with Gasteiger partial charge in [0, 0.05) is 12.6 Å². The van der Waals surface area contributed by atoms with Gasteiger partial charge in [-0.3, -0.25) is 4.90 Å². The molecule has 1 fully saturated rings. The van der Waals surface area contributed by atoms with E-state index < -0.39 is 10.0 Å². The summed E-state index contributed by atoms with van der Waals surface area (Å²) in [4.78, 5) is 2.44. The second-order valence-electron chi connectivity index (χ2n) is 4.96. The number of nitrogens with two attached hydrogens (primary N) is 1. The maximum atomic E-state index is 12.2. The lowest BCUT2D eigenvalue weighted by Crippen LogP contribution is -2.40. The van der Waals surface area contributed by atoms with Crippen molar-refractivity contribution in [3.05, 3.63) is 23.2 Å². The van der Waals surface area contributed by atoms with Crippen molar-refractivity contribution in [2.75, 3.05) is 25.4 Å². The van der Waals surface area contributed by atoms with Gasteiger partial charge in [0.15, 0.2) is 0 Å². The maximum absolute atomic E-state index is 12.2. The van der Waals surface area contributed by atoms with Gasteiger partial charge in [-0.2, -0.15) is 0 Å². The van der Waals surface area contributed by atoms with Crippen LogP contribution in [0, 0.1) is 0 Å². The fourth-order valence-electron chi connectivity index (χ4n) is 2.52. The molecule has 1 atom stereocenters. The second-order valence-corrected chi connectivity index (χ2v) is 7.13. The molecule has 0 aromatic heterocycles. The van der Waals surface area contributed by atoms with E-state index in [9.17, 15) is 8.42 Å². The minimum absolute atomic E-state index is 0.153. The summed E-state index contributed by atoms with van der Waals surface area (Å²) in [6, 6.07) is 4.63. The Hall–Kier alpha value is -0.820. The van der Waals surface area contributed by atoms with Crippen molar-refractivity contribution < 1.29 is 8.42 Å². The monoisotopic (exact) mass is 317 g/mol. The molecule has 0 aliphatic carbocycles. The van der Waals surface area contributed by atoms with Crippen LogP contribution < -0.4 is 10.5 Å². The molecule has 1 saturated heterocycles. The Balaban J connectivity index is 2.05. The maximum Gasteiger partial charge on any atom is 0.240 e. The molecule has 1 unspecified atom stereocenters. The minimum Gasteiger partial charge on any atom is -0.397 e. The zero-order chi connectivity index (χ0) is 14.8. The molecule has 1 aliphatic rings. The Kier molecular flexibility index (Phi) is 4.90. The Morgan fingerprint density at radius 3 is 2.90 bits per heavy atom. The van der Waals surface area contributed by atoms with E-state index in [1.54, 1.807) is 0 Å². The quantitative estimate of drug-likeness (QED) is 0.810. The number of halogens is 1. The summed E-state index contributed by atoms with van der Waals surface area (Å²) < 4.78 is 27.1. The van der Waals surface area contributed by atoms with Gasteiger partial charge in [-0.05, 0) is 44.1 Å². The Morgan fingerprint density at radius 1 is 1.50 bits per heavy atom. The first-order chi connectivity index (χ1) is 9.44. The minimum atomic E-state index is -3.53. The van der Waals surface area contributed by atoms with E-state index in [4.69, 9.17) is 17.3 Å². The first-order valence-electron chi connectivity index (χ1n) is 6.73. The molecule has 112 valence electrons. The van der Waals surface area contributed by atoms with Crippen LogP contribution in [0.25, 0.3) is 0 Å². The van der Waals surface area contributed by atoms with Gasteiger partial charge in [0.1, 0.15) is 0 Å². The molecule has 0 saturated carbocycles. The Morgan fingerprint density at radius 2 is 2.25 bits per heavy atom. The number of hydrogen-bond donors (Lipinski definition) is 2. The Labute approximate surface area is 125 Å². The third-order valence-corrected chi connectivity index (χ3v) is 5.46. The van der Waals surface area contributed by atoms with Crippen molar-refractivity contribution in [2.24, 2.45) is 0 Å². The molecule has 0 bridgehead atoms. The lowest BCUT2D eigenvalue weighted by molar-refractivity contribution is 0.268. The first-order valence-corrected chi connectivity index (χ1v) is 8.59. The van der Waals surface area contributed by atoms with Crippen molar-refractivity contribution >= 4 is 27.3 Å². The molecule has 1 aromatic rings. The van der Waals surface area contributed by atoms with Gasteiger partial charge in [0.25, 0.3) is 0 Å². The fraction of sp³-hybridized carbons (Fsp3) is 0.538. The van der Waals surface area contributed by atoms with E-state index in [-0.39, 0.29) is 16.6 Å². The fourth-order valence-corrected chi connectivity index (χ4v) is 3.75. The molecule has 5 nitrogen and oxygen atoms in total. The predicted octanol–water partition coefficient (Wildman–Crippen LogP) is 1.68. The highest BCUT2D eigenvalue weighted by atomic mass is 35.5. The van der Waals surface area contributed by atoms with Crippen LogP contribution in [0.5, 0.6) is 0 Å². The number of benzene rings is 1. The summed E-state index contributed by atoms with van der Waals surface area (Å²) in [6.45, 7) is 4.50. The second kappa shape index (κ2) is 6.30. The van der Waals surface area contributed by atoms with Crippen molar-refractivity contribution in [3.63, 3.8) is 0 Å². The summed E-state index contributed by atoms with van der Waals surface area (Å²) in [5.74, 6) is 0. The largest absolute Gasteiger partial charge is 0.397 e. The van der Waals surface area contributed by atoms with E-state index >= 15 is 0 Å². The van der Waals surface area contributed by atoms with Crippen LogP contribution in [-0.4, -0.2) is 39.0 Å². The number of likely N-dealkylation sites (N-methyl/N-ethyl adjacent to an activating group) is 1. The molecule has 0 spiro atoms. The average molecular weight is 318 g/mol. The third-order valence-electron chi connectivity index (χ3n) is 3.69. The number of anilines is 1. The van der Waals surface area contributed by atoms with Crippen LogP contribution in [-0.2, 0) is 10.0 Å². The first kappa shape index (κ1) is 15.6. The van der Waals surface area contributed by atoms with Crippen molar-refractivity contribution in [2.45, 2.75) is 30.7 Å². The van der Waals surface area contributed by atoms with E-state index in [0.717, 1.165) is 25.9 Å². The normalized spacial score (nSPS) is 20.4. The summed E-state index contributed by atoms with van der Waals surface area (Å²) in [5.41, 5.74) is 5.92. The number of sulfonamides is 1. The van der Waals surface area contributed by atoms with Gasteiger partial charge in [-0.25, -0.2) is 13.1 Å². The topological polar surface area (TPSA) is 75.4 Å². The summed E-state index contributed by atoms with van der Waals surface area (Å²) in [7, 11) is -3.53. The molecule has 0 amide bonds. The molecular formula is C13H20ClN3O2S. The van der Waals surface area contributed by atoms with Crippen molar-refractivity contribution in [3.8, 4) is 0 Å². The number of nitrogen functional groups attached to an aromatic ring is 1. The number of nitrogens with one attached hydrogen (secondary N) is 1. The van der Waals surface area contributed by atoms with Crippen LogP contribution in [0.4, 0.5) is 5.69 Å². The standard InChI is InChI=1S/C13H20ClN3O2S/c1-2-17-7-3-4-10(17)9-16-20(18,19)11-5-6-12(14)13(15)8-11/h5-6,8,10,16H,2-4,7,9,15H2,1H3. The van der Waals surface area contributed by atoms with E-state index in [1.807, 2.05) is 0 Å². The SMILES string of the molecule is CCN1CCCC1CNS(=O)(=O)c1ccc(Cl)c(N)c1. The van der Waals surface area contributed by atoms with E-state index in [1.165, 1.54) is 18.2 Å². The van der Waals surface area contributed by atoms with Crippen LogP contribution in [0.3, 0.4) is 0 Å². The van der Waals surface area contributed by atoms with Gasteiger partial charge in [-0.15, -0.1) is 0 Å². The van der Waals surface area contributed by atoms with Gasteiger partial charge in [-0.1, -0.05) is 18.5 Å². The van der Waals surface area contributed by atoms with Crippen molar-refractivity contribution in [1.82, 2.24) is 9.62 Å². The lowest BCUT2D eigenvalue weighted by atomic mass is 10.2. The summed E-state index contributed by atoms with van der Waals surface area (Å²) >= 11 is 5.80. The molecule has 0 radical (unpaired) electrons. The molecule has 20 heavy (non-hydrogen) atoms. The zero-order valence-corrected chi connectivity index (χ0v) is 13.0. The van der Waals surface area contributed by atoms with Gasteiger partial charge in [0.05, 0.1) is 15.6 Å². The summed E-state index contributed by atoms with van der Waals surface area (Å²) in [5, 5.41) is 0.358. The van der Waals surface area contributed by atoms with E-state index in [2.05, 4.69) is 16.5 Å². The highest BCUT2D eigenvalue weighted by Gasteiger charge is 2.25. The number of hydrogen-bond acceptors (Lipinski definition) is 4. The molecule has 1 aromatic carbocycles. The molecule has 3 N–H and O–H groups in total. The van der Waals surface area contributed by atoms with Crippen LogP contribution >= 0.6 is 11.6 Å². The smallest absolute Gasteiger partial charge is 0.240 e. The highest BCUT2D eigenvalue weighted by molar-refractivity contribution is 7.89. The Bertz CT molecular complexity index is 577. The van der Waals surface area contributed by atoms with Gasteiger partial charge >= 0.3 is 0 Å². The third kappa shape index (κ3) is 3.44. The number of likely N-dealkylation sites (tertiary alicyclic amines) is 1. The summed E-state index contributed by atoms with van der Waals surface area (Å²) in [6.07, 6.45) is 2.15. The molecular weight excluding hydrogens is 298 g/mol. The number of nitrogens with zero attached hydrogens (tertiary/aromatic N) is 1. The number of rotatable bonds is 5. The van der Waals surface area contributed by atoms with Crippen LogP contribution in [0.1, 0.15) is 19.8 Å². The van der Waals surface area contributed by atoms with Crippen LogP contribution in [0.15, 0.2) is 23.1 Å². The molecule has 2 rings (SSSR count). The zero-order valence-electron chi connectivity index (χ0n) is 11.5. The van der Waals surface area contributed by atoms with Gasteiger partial charge < -0.3 is 5.73 Å². The van der Waals surface area contributed by atoms with E-state index in [0.29, 0.717) is 11.6 Å². The van der Waals surface area contributed by atoms with Crippen LogP contribution in [0.2, 0.25) is 5.02 Å². The van der Waals surface area contributed by atoms with Crippen molar-refractivity contribution in [1.29, 1.82) is 0 Å². The molecule has 1 heterocycles. The predicted molar refractivity (Wildman–Crippen MR) is 81.3 cm³/mol. The highest BCUT2D eigenvalue weighted by Crippen LogP contribution is 2.22. The average Bonchev–Trinajstić information content (AvgIpc) is 2.87. The molecule has 7 heteroatoms. The molecule has 1 aliphatic heterocycles.